The number of ketones is 1. The van der Waals surface area contributed by atoms with E-state index in [-0.39, 0.29) is 5.78 Å². The molecule has 0 aliphatic carbocycles. The summed E-state index contributed by atoms with van der Waals surface area (Å²) in [6, 6.07) is 5.64. The van der Waals surface area contributed by atoms with Crippen LogP contribution in [0.4, 0.5) is 0 Å². The Morgan fingerprint density at radius 2 is 2.20 bits per heavy atom. The fraction of sp³-hybridized carbons (Fsp3) is 0.308. The summed E-state index contributed by atoms with van der Waals surface area (Å²) in [5, 5.41) is 0. The molecule has 15 heavy (non-hydrogen) atoms. The van der Waals surface area contributed by atoms with Crippen LogP contribution in [0.15, 0.2) is 29.8 Å². The van der Waals surface area contributed by atoms with Gasteiger partial charge in [-0.25, -0.2) is 0 Å². The quantitative estimate of drug-likeness (QED) is 0.544. The number of hydrogen-bond acceptors (Lipinski definition) is 2. The molecule has 0 fully saturated rings. The summed E-state index contributed by atoms with van der Waals surface area (Å²) in [7, 11) is 0. The Kier molecular flexibility index (Phi) is 2.58. The Hall–Kier alpha value is -1.57. The molecule has 0 spiro atoms. The van der Waals surface area contributed by atoms with Crippen LogP contribution in [0, 0.1) is 0 Å². The van der Waals surface area contributed by atoms with E-state index < -0.39 is 0 Å². The average molecular weight is 202 g/mol. The third kappa shape index (κ3) is 2.09. The van der Waals surface area contributed by atoms with Gasteiger partial charge in [0.15, 0.2) is 5.78 Å². The molecular formula is C13H14O2. The fourth-order valence-corrected chi connectivity index (χ4v) is 1.69. The van der Waals surface area contributed by atoms with Gasteiger partial charge >= 0.3 is 0 Å². The molecule has 2 rings (SSSR count). The van der Waals surface area contributed by atoms with Crippen LogP contribution in [0.25, 0.3) is 0 Å². The van der Waals surface area contributed by atoms with Gasteiger partial charge in [-0.1, -0.05) is 5.57 Å². The van der Waals surface area contributed by atoms with E-state index in [4.69, 9.17) is 4.74 Å². The highest BCUT2D eigenvalue weighted by Gasteiger charge is 2.13. The molecule has 1 aromatic rings. The van der Waals surface area contributed by atoms with Crippen molar-refractivity contribution in [2.45, 2.75) is 20.3 Å². The minimum Gasteiger partial charge on any atom is -0.493 e. The first-order chi connectivity index (χ1) is 7.16. The normalized spacial score (nSPS) is 12.9. The van der Waals surface area contributed by atoms with Gasteiger partial charge in [0, 0.05) is 12.0 Å². The van der Waals surface area contributed by atoms with Gasteiger partial charge in [-0.15, -0.1) is 0 Å². The van der Waals surface area contributed by atoms with E-state index >= 15 is 0 Å². The van der Waals surface area contributed by atoms with Crippen molar-refractivity contribution < 1.29 is 9.53 Å². The molecule has 0 radical (unpaired) electrons. The molecule has 1 aliphatic heterocycles. The maximum absolute atomic E-state index is 11.7. The van der Waals surface area contributed by atoms with Crippen LogP contribution in [0.2, 0.25) is 0 Å². The van der Waals surface area contributed by atoms with Gasteiger partial charge in [0.05, 0.1) is 6.61 Å². The highest BCUT2D eigenvalue weighted by Crippen LogP contribution is 2.26. The van der Waals surface area contributed by atoms with Gasteiger partial charge in [-0.05, 0) is 43.7 Å². The molecule has 0 atom stereocenters. The van der Waals surface area contributed by atoms with Crippen molar-refractivity contribution in [3.63, 3.8) is 0 Å². The molecule has 1 heterocycles. The zero-order valence-corrected chi connectivity index (χ0v) is 9.04. The number of allylic oxidation sites excluding steroid dienone is 2. The largest absolute Gasteiger partial charge is 0.493 e. The predicted molar refractivity (Wildman–Crippen MR) is 59.4 cm³/mol. The number of hydrogen-bond donors (Lipinski definition) is 0. The van der Waals surface area contributed by atoms with Gasteiger partial charge < -0.3 is 4.74 Å². The SMILES string of the molecule is CC(C)=CC(=O)c1ccc2c(c1)CCO2. The number of carbonyl (C=O) groups excluding carboxylic acids is 1. The zero-order chi connectivity index (χ0) is 10.8. The van der Waals surface area contributed by atoms with Crippen LogP contribution in [-0.4, -0.2) is 12.4 Å². The van der Waals surface area contributed by atoms with Crippen molar-refractivity contribution >= 4 is 5.78 Å². The molecule has 0 bridgehead atoms. The van der Waals surface area contributed by atoms with E-state index in [1.165, 1.54) is 0 Å². The molecule has 2 nitrogen and oxygen atoms in total. The van der Waals surface area contributed by atoms with Crippen LogP contribution in [0.1, 0.15) is 29.8 Å². The first-order valence-corrected chi connectivity index (χ1v) is 5.12. The molecule has 0 saturated carbocycles. The lowest BCUT2D eigenvalue weighted by atomic mass is 10.0. The van der Waals surface area contributed by atoms with Crippen LogP contribution in [0.3, 0.4) is 0 Å². The van der Waals surface area contributed by atoms with Crippen molar-refractivity contribution in [1.82, 2.24) is 0 Å². The Bertz CT molecular complexity index is 426. The Morgan fingerprint density at radius 3 is 2.93 bits per heavy atom. The second kappa shape index (κ2) is 3.89. The molecule has 0 amide bonds. The van der Waals surface area contributed by atoms with E-state index in [1.54, 1.807) is 6.08 Å². The van der Waals surface area contributed by atoms with E-state index in [1.807, 2.05) is 32.0 Å². The van der Waals surface area contributed by atoms with E-state index in [0.717, 1.165) is 35.5 Å². The molecule has 1 aromatic carbocycles. The maximum Gasteiger partial charge on any atom is 0.185 e. The topological polar surface area (TPSA) is 26.3 Å². The number of rotatable bonds is 2. The van der Waals surface area contributed by atoms with Gasteiger partial charge in [0.1, 0.15) is 5.75 Å². The molecule has 2 heteroatoms. The lowest BCUT2D eigenvalue weighted by molar-refractivity contribution is 0.104. The molecule has 0 aromatic heterocycles. The van der Waals surface area contributed by atoms with Crippen LogP contribution in [0.5, 0.6) is 5.75 Å². The van der Waals surface area contributed by atoms with Gasteiger partial charge in [0.2, 0.25) is 0 Å². The van der Waals surface area contributed by atoms with Gasteiger partial charge in [0.25, 0.3) is 0 Å². The Labute approximate surface area is 89.6 Å². The zero-order valence-electron chi connectivity index (χ0n) is 9.04. The minimum atomic E-state index is 0.0738. The molecule has 0 saturated heterocycles. The molecule has 78 valence electrons. The van der Waals surface area contributed by atoms with Crippen molar-refractivity contribution in [1.29, 1.82) is 0 Å². The molecule has 0 unspecified atom stereocenters. The summed E-state index contributed by atoms with van der Waals surface area (Å²) < 4.78 is 5.39. The highest BCUT2D eigenvalue weighted by molar-refractivity contribution is 6.05. The summed E-state index contributed by atoms with van der Waals surface area (Å²) in [5.74, 6) is 0.994. The number of benzene rings is 1. The highest BCUT2D eigenvalue weighted by atomic mass is 16.5. The summed E-state index contributed by atoms with van der Waals surface area (Å²) in [6.07, 6.45) is 2.57. The average Bonchev–Trinajstić information content (AvgIpc) is 2.62. The monoisotopic (exact) mass is 202 g/mol. The van der Waals surface area contributed by atoms with Crippen molar-refractivity contribution in [3.8, 4) is 5.75 Å². The first-order valence-electron chi connectivity index (χ1n) is 5.12. The number of carbonyl (C=O) groups is 1. The lowest BCUT2D eigenvalue weighted by Gasteiger charge is -2.01. The third-order valence-electron chi connectivity index (χ3n) is 2.39. The summed E-state index contributed by atoms with van der Waals surface area (Å²) in [6.45, 7) is 4.58. The smallest absolute Gasteiger partial charge is 0.185 e. The van der Waals surface area contributed by atoms with Crippen molar-refractivity contribution in [3.05, 3.63) is 41.0 Å². The number of ether oxygens (including phenoxy) is 1. The van der Waals surface area contributed by atoms with Crippen LogP contribution in [-0.2, 0) is 6.42 Å². The maximum atomic E-state index is 11.7. The minimum absolute atomic E-state index is 0.0738. The van der Waals surface area contributed by atoms with Crippen molar-refractivity contribution in [2.24, 2.45) is 0 Å². The van der Waals surface area contributed by atoms with E-state index in [2.05, 4.69) is 0 Å². The lowest BCUT2D eigenvalue weighted by Crippen LogP contribution is -1.95. The predicted octanol–water partition coefficient (Wildman–Crippen LogP) is 2.77. The molecule has 1 aliphatic rings. The standard InChI is InChI=1S/C13H14O2/c1-9(2)7-12(14)10-3-4-13-11(8-10)5-6-15-13/h3-4,7-8H,5-6H2,1-2H3. The molecular weight excluding hydrogens is 188 g/mol. The Morgan fingerprint density at radius 1 is 1.40 bits per heavy atom. The number of fused-ring (bicyclic) bond motifs is 1. The Balaban J connectivity index is 2.31. The summed E-state index contributed by atoms with van der Waals surface area (Å²) >= 11 is 0. The molecule has 0 N–H and O–H groups in total. The van der Waals surface area contributed by atoms with Crippen LogP contribution < -0.4 is 4.74 Å². The van der Waals surface area contributed by atoms with Crippen molar-refractivity contribution in [2.75, 3.05) is 6.61 Å². The van der Waals surface area contributed by atoms with Gasteiger partial charge in [-0.3, -0.25) is 4.79 Å². The third-order valence-corrected chi connectivity index (χ3v) is 2.39. The fourth-order valence-electron chi connectivity index (χ4n) is 1.69. The first kappa shape index (κ1) is 9.97. The summed E-state index contributed by atoms with van der Waals surface area (Å²) in [4.78, 5) is 11.7. The van der Waals surface area contributed by atoms with E-state index in [0.29, 0.717) is 0 Å². The van der Waals surface area contributed by atoms with E-state index in [9.17, 15) is 4.79 Å². The summed E-state index contributed by atoms with van der Waals surface area (Å²) in [5.41, 5.74) is 2.92. The second-order valence-electron chi connectivity index (χ2n) is 4.01. The van der Waals surface area contributed by atoms with Crippen LogP contribution >= 0.6 is 0 Å². The van der Waals surface area contributed by atoms with Gasteiger partial charge in [-0.2, -0.15) is 0 Å². The second-order valence-corrected chi connectivity index (χ2v) is 4.01.